The molecule has 0 heterocycles. The van der Waals surface area contributed by atoms with Crippen molar-refractivity contribution in [1.82, 2.24) is 0 Å². The lowest BCUT2D eigenvalue weighted by Gasteiger charge is -2.07. The highest BCUT2D eigenvalue weighted by molar-refractivity contribution is 7.84. The van der Waals surface area contributed by atoms with E-state index in [4.69, 9.17) is 5.26 Å². The van der Waals surface area contributed by atoms with Crippen molar-refractivity contribution in [3.05, 3.63) is 64.5 Å². The van der Waals surface area contributed by atoms with Crippen LogP contribution in [0, 0.1) is 31.0 Å². The molecule has 0 aliphatic carbocycles. The van der Waals surface area contributed by atoms with Crippen LogP contribution < -0.4 is 0 Å². The van der Waals surface area contributed by atoms with Gasteiger partial charge >= 0.3 is 0 Å². The highest BCUT2D eigenvalue weighted by Crippen LogP contribution is 2.19. The van der Waals surface area contributed by atoms with Crippen molar-refractivity contribution < 1.29 is 8.60 Å². The summed E-state index contributed by atoms with van der Waals surface area (Å²) >= 11 is 0. The zero-order valence-corrected chi connectivity index (χ0v) is 12.1. The predicted molar refractivity (Wildman–Crippen MR) is 77.1 cm³/mol. The third kappa shape index (κ3) is 3.31. The van der Waals surface area contributed by atoms with Gasteiger partial charge in [0.05, 0.1) is 28.2 Å². The Labute approximate surface area is 120 Å². The van der Waals surface area contributed by atoms with Gasteiger partial charge in [-0.2, -0.15) is 5.26 Å². The van der Waals surface area contributed by atoms with Crippen LogP contribution >= 0.6 is 0 Å². The second kappa shape index (κ2) is 5.98. The van der Waals surface area contributed by atoms with E-state index in [0.29, 0.717) is 5.56 Å². The number of benzene rings is 2. The molecule has 2 rings (SSSR count). The molecule has 1 atom stereocenters. The topological polar surface area (TPSA) is 40.9 Å². The minimum absolute atomic E-state index is 0.205. The molecule has 20 heavy (non-hydrogen) atoms. The summed E-state index contributed by atoms with van der Waals surface area (Å²) in [7, 11) is -1.25. The van der Waals surface area contributed by atoms with E-state index >= 15 is 0 Å². The SMILES string of the molecule is Cc1ccc(S(=O)Cc2cc(F)cc(C#N)c2)c(C)c1. The molecule has 0 aliphatic rings. The molecule has 0 saturated heterocycles. The fraction of sp³-hybridized carbons (Fsp3) is 0.188. The Kier molecular flexibility index (Phi) is 4.31. The average molecular weight is 287 g/mol. The molecule has 0 bridgehead atoms. The summed E-state index contributed by atoms with van der Waals surface area (Å²) in [4.78, 5) is 0.748. The first kappa shape index (κ1) is 14.4. The Bertz CT molecular complexity index is 719. The molecule has 2 nitrogen and oxygen atoms in total. The molecule has 0 N–H and O–H groups in total. The van der Waals surface area contributed by atoms with Crippen LogP contribution in [-0.2, 0) is 16.6 Å². The highest BCUT2D eigenvalue weighted by atomic mass is 32.2. The second-order valence-corrected chi connectivity index (χ2v) is 6.14. The third-order valence-electron chi connectivity index (χ3n) is 2.96. The number of aryl methyl sites for hydroxylation is 2. The Hall–Kier alpha value is -1.99. The number of hydrogen-bond donors (Lipinski definition) is 0. The maximum atomic E-state index is 13.3. The van der Waals surface area contributed by atoms with Crippen molar-refractivity contribution in [2.45, 2.75) is 24.5 Å². The Morgan fingerprint density at radius 1 is 1.20 bits per heavy atom. The minimum atomic E-state index is -1.25. The van der Waals surface area contributed by atoms with Crippen LogP contribution in [0.1, 0.15) is 22.3 Å². The number of hydrogen-bond acceptors (Lipinski definition) is 2. The molecule has 0 aromatic heterocycles. The van der Waals surface area contributed by atoms with E-state index in [-0.39, 0.29) is 11.3 Å². The molecule has 0 saturated carbocycles. The maximum Gasteiger partial charge on any atom is 0.124 e. The molecular weight excluding hydrogens is 273 g/mol. The molecule has 2 aromatic rings. The fourth-order valence-electron chi connectivity index (χ4n) is 2.08. The summed E-state index contributed by atoms with van der Waals surface area (Å²) in [6.07, 6.45) is 0. The number of rotatable bonds is 3. The first-order valence-corrected chi connectivity index (χ1v) is 7.46. The number of halogens is 1. The number of nitriles is 1. The van der Waals surface area contributed by atoms with Gasteiger partial charge in [0, 0.05) is 4.90 Å². The largest absolute Gasteiger partial charge is 0.254 e. The van der Waals surface area contributed by atoms with Gasteiger partial charge in [-0.05, 0) is 49.2 Å². The van der Waals surface area contributed by atoms with Crippen LogP contribution in [0.15, 0.2) is 41.3 Å². The van der Waals surface area contributed by atoms with Crippen molar-refractivity contribution in [2.75, 3.05) is 0 Å². The lowest BCUT2D eigenvalue weighted by Crippen LogP contribution is -2.00. The molecular formula is C16H14FNOS. The van der Waals surface area contributed by atoms with Crippen molar-refractivity contribution in [3.63, 3.8) is 0 Å². The van der Waals surface area contributed by atoms with E-state index in [1.807, 2.05) is 38.1 Å². The molecule has 0 fully saturated rings. The van der Waals surface area contributed by atoms with E-state index in [1.54, 1.807) is 6.07 Å². The summed E-state index contributed by atoms with van der Waals surface area (Å²) in [6.45, 7) is 3.89. The Morgan fingerprint density at radius 2 is 1.95 bits per heavy atom. The predicted octanol–water partition coefficient (Wildman–Crippen LogP) is 3.62. The van der Waals surface area contributed by atoms with Crippen LogP contribution in [0.5, 0.6) is 0 Å². The lowest BCUT2D eigenvalue weighted by atomic mass is 10.1. The van der Waals surface area contributed by atoms with Gasteiger partial charge in [0.15, 0.2) is 0 Å². The van der Waals surface area contributed by atoms with Crippen molar-refractivity contribution in [3.8, 4) is 6.07 Å². The lowest BCUT2D eigenvalue weighted by molar-refractivity contribution is 0.625. The fourth-order valence-corrected chi connectivity index (χ4v) is 3.34. The van der Waals surface area contributed by atoms with Gasteiger partial charge < -0.3 is 0 Å². The maximum absolute atomic E-state index is 13.3. The average Bonchev–Trinajstić information content (AvgIpc) is 2.37. The molecule has 2 aromatic carbocycles. The van der Waals surface area contributed by atoms with Gasteiger partial charge in [-0.25, -0.2) is 4.39 Å². The highest BCUT2D eigenvalue weighted by Gasteiger charge is 2.10. The van der Waals surface area contributed by atoms with E-state index in [9.17, 15) is 8.60 Å². The van der Waals surface area contributed by atoms with Gasteiger partial charge in [0.2, 0.25) is 0 Å². The van der Waals surface area contributed by atoms with E-state index in [0.717, 1.165) is 16.0 Å². The van der Waals surface area contributed by atoms with Crippen molar-refractivity contribution in [2.24, 2.45) is 0 Å². The summed E-state index contributed by atoms with van der Waals surface area (Å²) in [5.41, 5.74) is 2.89. The van der Waals surface area contributed by atoms with Gasteiger partial charge in [-0.1, -0.05) is 17.7 Å². The zero-order valence-electron chi connectivity index (χ0n) is 11.3. The molecule has 0 radical (unpaired) electrons. The molecule has 1 unspecified atom stereocenters. The van der Waals surface area contributed by atoms with Crippen LogP contribution in [0.2, 0.25) is 0 Å². The van der Waals surface area contributed by atoms with Gasteiger partial charge in [-0.3, -0.25) is 4.21 Å². The summed E-state index contributed by atoms with van der Waals surface area (Å²) < 4.78 is 25.7. The summed E-state index contributed by atoms with van der Waals surface area (Å²) in [6, 6.07) is 11.7. The smallest absolute Gasteiger partial charge is 0.124 e. The normalized spacial score (nSPS) is 11.9. The second-order valence-electron chi connectivity index (χ2n) is 4.72. The van der Waals surface area contributed by atoms with Crippen LogP contribution in [0.25, 0.3) is 0 Å². The zero-order chi connectivity index (χ0) is 14.7. The summed E-state index contributed by atoms with van der Waals surface area (Å²) in [5, 5.41) is 8.82. The first-order chi connectivity index (χ1) is 9.49. The minimum Gasteiger partial charge on any atom is -0.254 e. The van der Waals surface area contributed by atoms with Crippen LogP contribution in [-0.4, -0.2) is 4.21 Å². The van der Waals surface area contributed by atoms with Crippen molar-refractivity contribution >= 4 is 10.8 Å². The summed E-state index contributed by atoms with van der Waals surface area (Å²) in [5.74, 6) is -0.271. The molecule has 0 amide bonds. The number of nitrogens with zero attached hydrogens (tertiary/aromatic N) is 1. The van der Waals surface area contributed by atoms with E-state index in [1.165, 1.54) is 12.1 Å². The first-order valence-electron chi connectivity index (χ1n) is 6.15. The van der Waals surface area contributed by atoms with E-state index < -0.39 is 16.6 Å². The molecule has 102 valence electrons. The quantitative estimate of drug-likeness (QED) is 0.865. The van der Waals surface area contributed by atoms with Crippen molar-refractivity contribution in [1.29, 1.82) is 5.26 Å². The van der Waals surface area contributed by atoms with Gasteiger partial charge in [0.25, 0.3) is 0 Å². The third-order valence-corrected chi connectivity index (χ3v) is 4.50. The monoisotopic (exact) mass is 287 g/mol. The van der Waals surface area contributed by atoms with Gasteiger partial charge in [0.1, 0.15) is 5.82 Å². The Morgan fingerprint density at radius 3 is 2.60 bits per heavy atom. The molecule has 0 spiro atoms. The standard InChI is InChI=1S/C16H14FNOS/c1-11-3-4-16(12(2)5-11)20(19)10-14-6-13(9-18)7-15(17)8-14/h3-8H,10H2,1-2H3. The van der Waals surface area contributed by atoms with Gasteiger partial charge in [-0.15, -0.1) is 0 Å². The van der Waals surface area contributed by atoms with Crippen LogP contribution in [0.4, 0.5) is 4.39 Å². The van der Waals surface area contributed by atoms with Crippen LogP contribution in [0.3, 0.4) is 0 Å². The molecule has 0 aliphatic heterocycles. The Balaban J connectivity index is 2.28. The molecule has 4 heteroatoms. The van der Waals surface area contributed by atoms with E-state index in [2.05, 4.69) is 0 Å².